The minimum absolute atomic E-state index is 0.121. The van der Waals surface area contributed by atoms with E-state index in [1.54, 1.807) is 24.7 Å². The molecule has 0 aliphatic heterocycles. The molecule has 0 fully saturated rings. The molecule has 0 amide bonds. The van der Waals surface area contributed by atoms with E-state index >= 15 is 0 Å². The van der Waals surface area contributed by atoms with Gasteiger partial charge in [-0.2, -0.15) is 0 Å². The van der Waals surface area contributed by atoms with Gasteiger partial charge in [0.2, 0.25) is 0 Å². The summed E-state index contributed by atoms with van der Waals surface area (Å²) in [6.45, 7) is 1.01. The average molecular weight is 311 g/mol. The van der Waals surface area contributed by atoms with Crippen molar-refractivity contribution in [3.05, 3.63) is 56.6 Å². The molecule has 94 valence electrons. The molecule has 2 aromatic rings. The maximum atomic E-state index is 10.9. The first-order valence-corrected chi connectivity index (χ1v) is 6.07. The zero-order chi connectivity index (χ0) is 13.0. The Bertz CT molecular complexity index is 542. The van der Waals surface area contributed by atoms with E-state index in [1.807, 2.05) is 0 Å². The second-order valence-corrected chi connectivity index (χ2v) is 4.63. The first-order valence-electron chi connectivity index (χ1n) is 5.27. The number of H-pyrrole nitrogens is 1. The lowest BCUT2D eigenvalue weighted by Crippen LogP contribution is -2.14. The van der Waals surface area contributed by atoms with Crippen molar-refractivity contribution in [1.29, 1.82) is 0 Å². The fourth-order valence-electron chi connectivity index (χ4n) is 1.59. The molecule has 0 aliphatic carbocycles. The van der Waals surface area contributed by atoms with Crippen LogP contribution in [0.15, 0.2) is 35.2 Å². The first-order chi connectivity index (χ1) is 8.66. The molecule has 0 saturated heterocycles. The van der Waals surface area contributed by atoms with Gasteiger partial charge in [-0.05, 0) is 12.1 Å². The highest BCUT2D eigenvalue weighted by Gasteiger charge is 2.13. The zero-order valence-electron chi connectivity index (χ0n) is 9.39. The fourth-order valence-corrected chi connectivity index (χ4v) is 2.00. The Morgan fingerprint density at radius 1 is 1.44 bits per heavy atom. The molecule has 1 aromatic carbocycles. The summed E-state index contributed by atoms with van der Waals surface area (Å²) in [5, 5.41) is 14.0. The largest absolute Gasteiger partial charge is 0.347 e. The molecule has 0 bridgehead atoms. The molecule has 2 rings (SSSR count). The molecular weight excluding hydrogens is 300 g/mol. The molecule has 1 aromatic heterocycles. The number of rotatable bonds is 5. The molecule has 0 atom stereocenters. The van der Waals surface area contributed by atoms with Crippen molar-refractivity contribution in [3.63, 3.8) is 0 Å². The van der Waals surface area contributed by atoms with E-state index in [-0.39, 0.29) is 10.6 Å². The highest BCUT2D eigenvalue weighted by Crippen LogP contribution is 2.22. The predicted molar refractivity (Wildman–Crippen MR) is 69.9 cm³/mol. The van der Waals surface area contributed by atoms with Crippen LogP contribution in [-0.4, -0.2) is 14.9 Å². The predicted octanol–water partition coefficient (Wildman–Crippen LogP) is 2.37. The number of nitro benzene ring substituents is 1. The first kappa shape index (κ1) is 12.7. The van der Waals surface area contributed by atoms with Crippen molar-refractivity contribution in [1.82, 2.24) is 15.3 Å². The summed E-state index contributed by atoms with van der Waals surface area (Å²) in [5.41, 5.74) is 1.71. The quantitative estimate of drug-likeness (QED) is 0.656. The highest BCUT2D eigenvalue weighted by atomic mass is 79.9. The summed E-state index contributed by atoms with van der Waals surface area (Å²) in [4.78, 5) is 17.3. The Balaban J connectivity index is 2.03. The Morgan fingerprint density at radius 2 is 2.28 bits per heavy atom. The van der Waals surface area contributed by atoms with Crippen LogP contribution in [0.2, 0.25) is 0 Å². The van der Waals surface area contributed by atoms with Crippen molar-refractivity contribution >= 4 is 21.6 Å². The average Bonchev–Trinajstić information content (AvgIpc) is 2.82. The molecule has 6 nitrogen and oxygen atoms in total. The maximum Gasteiger partial charge on any atom is 0.273 e. The summed E-state index contributed by atoms with van der Waals surface area (Å²) in [7, 11) is 0. The standard InChI is InChI=1S/C11H11BrN4O2/c12-9-1-2-11(16(17)18)8(3-9)4-13-5-10-6-14-7-15-10/h1-3,6-7,13H,4-5H2,(H,14,15). The topological polar surface area (TPSA) is 83.8 Å². The number of nitro groups is 1. The van der Waals surface area contributed by atoms with Crippen LogP contribution in [0, 0.1) is 10.1 Å². The lowest BCUT2D eigenvalue weighted by Gasteiger charge is -2.05. The lowest BCUT2D eigenvalue weighted by atomic mass is 10.2. The van der Waals surface area contributed by atoms with Crippen LogP contribution in [0.4, 0.5) is 5.69 Å². The van der Waals surface area contributed by atoms with E-state index in [9.17, 15) is 10.1 Å². The summed E-state index contributed by atoms with van der Waals surface area (Å²) in [6, 6.07) is 4.91. The van der Waals surface area contributed by atoms with Crippen LogP contribution in [-0.2, 0) is 13.1 Å². The molecule has 0 saturated carbocycles. The van der Waals surface area contributed by atoms with Gasteiger partial charge in [-0.3, -0.25) is 10.1 Å². The monoisotopic (exact) mass is 310 g/mol. The Labute approximate surface area is 112 Å². The van der Waals surface area contributed by atoms with Crippen molar-refractivity contribution in [2.45, 2.75) is 13.1 Å². The Morgan fingerprint density at radius 3 is 2.94 bits per heavy atom. The van der Waals surface area contributed by atoms with Gasteiger partial charge in [-0.15, -0.1) is 0 Å². The van der Waals surface area contributed by atoms with Crippen molar-refractivity contribution in [2.75, 3.05) is 0 Å². The molecule has 7 heteroatoms. The van der Waals surface area contributed by atoms with Gasteiger partial charge in [-0.1, -0.05) is 15.9 Å². The number of nitrogens with one attached hydrogen (secondary N) is 2. The number of hydrogen-bond donors (Lipinski definition) is 2. The third kappa shape index (κ3) is 3.14. The SMILES string of the molecule is O=[N+]([O-])c1ccc(Br)cc1CNCc1cnc[nH]1. The van der Waals surface area contributed by atoms with Crippen LogP contribution in [0.3, 0.4) is 0 Å². The molecule has 0 unspecified atom stereocenters. The van der Waals surface area contributed by atoms with Gasteiger partial charge >= 0.3 is 0 Å². The summed E-state index contributed by atoms with van der Waals surface area (Å²) >= 11 is 3.31. The van der Waals surface area contributed by atoms with E-state index in [4.69, 9.17) is 0 Å². The van der Waals surface area contributed by atoms with Crippen LogP contribution in [0.5, 0.6) is 0 Å². The highest BCUT2D eigenvalue weighted by molar-refractivity contribution is 9.10. The fraction of sp³-hybridized carbons (Fsp3) is 0.182. The van der Waals surface area contributed by atoms with Crippen LogP contribution in [0.25, 0.3) is 0 Å². The zero-order valence-corrected chi connectivity index (χ0v) is 11.0. The number of aromatic nitrogens is 2. The van der Waals surface area contributed by atoms with Crippen molar-refractivity contribution < 1.29 is 4.92 Å². The number of aromatic amines is 1. The van der Waals surface area contributed by atoms with Crippen molar-refractivity contribution in [3.8, 4) is 0 Å². The van der Waals surface area contributed by atoms with Crippen LogP contribution in [0.1, 0.15) is 11.3 Å². The molecule has 2 N–H and O–H groups in total. The number of benzene rings is 1. The summed E-state index contributed by atoms with van der Waals surface area (Å²) < 4.78 is 0.825. The molecule has 0 aliphatic rings. The minimum atomic E-state index is -0.375. The maximum absolute atomic E-state index is 10.9. The van der Waals surface area contributed by atoms with Gasteiger partial charge in [0.05, 0.1) is 11.3 Å². The molecule has 0 spiro atoms. The Hall–Kier alpha value is -1.73. The second kappa shape index (κ2) is 5.74. The molecular formula is C11H11BrN4O2. The van der Waals surface area contributed by atoms with Gasteiger partial charge in [0.15, 0.2) is 0 Å². The number of halogens is 1. The summed E-state index contributed by atoms with van der Waals surface area (Å²) in [6.07, 6.45) is 3.31. The molecule has 18 heavy (non-hydrogen) atoms. The van der Waals surface area contributed by atoms with E-state index in [1.165, 1.54) is 6.07 Å². The van der Waals surface area contributed by atoms with Gasteiger partial charge < -0.3 is 10.3 Å². The van der Waals surface area contributed by atoms with E-state index in [0.29, 0.717) is 18.7 Å². The van der Waals surface area contributed by atoms with Crippen molar-refractivity contribution in [2.24, 2.45) is 0 Å². The van der Waals surface area contributed by atoms with Crippen LogP contribution >= 0.6 is 15.9 Å². The van der Waals surface area contributed by atoms with Gasteiger partial charge in [-0.25, -0.2) is 4.98 Å². The Kier molecular flexibility index (Phi) is 4.06. The van der Waals surface area contributed by atoms with Gasteiger partial charge in [0.25, 0.3) is 5.69 Å². The third-order valence-electron chi connectivity index (χ3n) is 2.42. The number of imidazole rings is 1. The summed E-state index contributed by atoms with van der Waals surface area (Å²) in [5.74, 6) is 0. The second-order valence-electron chi connectivity index (χ2n) is 3.71. The van der Waals surface area contributed by atoms with Gasteiger partial charge in [0.1, 0.15) is 0 Å². The van der Waals surface area contributed by atoms with Crippen LogP contribution < -0.4 is 5.32 Å². The third-order valence-corrected chi connectivity index (χ3v) is 2.92. The number of hydrogen-bond acceptors (Lipinski definition) is 4. The smallest absolute Gasteiger partial charge is 0.273 e. The van der Waals surface area contributed by atoms with Gasteiger partial charge in [0, 0.05) is 41.1 Å². The van der Waals surface area contributed by atoms with E-state index in [0.717, 1.165) is 10.2 Å². The molecule has 1 heterocycles. The number of nitrogens with zero attached hydrogens (tertiary/aromatic N) is 2. The molecule has 0 radical (unpaired) electrons. The van der Waals surface area contributed by atoms with E-state index in [2.05, 4.69) is 31.2 Å². The minimum Gasteiger partial charge on any atom is -0.347 e. The lowest BCUT2D eigenvalue weighted by molar-refractivity contribution is -0.385. The van der Waals surface area contributed by atoms with E-state index < -0.39 is 0 Å². The normalized spacial score (nSPS) is 10.5.